The third-order valence-electron chi connectivity index (χ3n) is 3.61. The molecule has 23 heavy (non-hydrogen) atoms. The van der Waals surface area contributed by atoms with Gasteiger partial charge in [-0.3, -0.25) is 5.10 Å². The van der Waals surface area contributed by atoms with Crippen LogP contribution in [0.3, 0.4) is 0 Å². The highest BCUT2D eigenvalue weighted by atomic mass is 19.3. The number of benzene rings is 1. The summed E-state index contributed by atoms with van der Waals surface area (Å²) in [4.78, 5) is 4.11. The molecule has 3 N–H and O–H groups in total. The zero-order valence-corrected chi connectivity index (χ0v) is 12.1. The molecule has 1 aromatic carbocycles. The number of nitrogens with zero attached hydrogens (tertiary/aromatic N) is 2. The molecule has 0 spiro atoms. The van der Waals surface area contributed by atoms with Crippen LogP contribution in [0.4, 0.5) is 13.2 Å². The van der Waals surface area contributed by atoms with Gasteiger partial charge in [0.1, 0.15) is 12.4 Å². The number of halogens is 3. The van der Waals surface area contributed by atoms with Crippen molar-refractivity contribution >= 4 is 0 Å². The molecular weight excluding hydrogens is 309 g/mol. The molecule has 1 atom stereocenters. The molecule has 8 heteroatoms. The molecule has 1 unspecified atom stereocenters. The summed E-state index contributed by atoms with van der Waals surface area (Å²) in [6.07, 6.45) is 0.223. The van der Waals surface area contributed by atoms with E-state index in [1.165, 1.54) is 0 Å². The minimum Gasteiger partial charge on any atom is -0.489 e. The molecule has 1 aromatic heterocycles. The van der Waals surface area contributed by atoms with E-state index in [-0.39, 0.29) is 25.4 Å². The molecule has 2 aromatic rings. The first kappa shape index (κ1) is 15.5. The highest BCUT2D eigenvalue weighted by Crippen LogP contribution is 2.54. The van der Waals surface area contributed by atoms with Gasteiger partial charge in [-0.25, -0.2) is 18.2 Å². The fourth-order valence-corrected chi connectivity index (χ4v) is 2.07. The fourth-order valence-electron chi connectivity index (χ4n) is 2.07. The Morgan fingerprint density at radius 2 is 2.09 bits per heavy atom. The molecule has 0 amide bonds. The van der Waals surface area contributed by atoms with Gasteiger partial charge >= 0.3 is 0 Å². The molecule has 0 aliphatic heterocycles. The van der Waals surface area contributed by atoms with Crippen molar-refractivity contribution in [3.8, 4) is 17.1 Å². The monoisotopic (exact) mass is 324 g/mol. The van der Waals surface area contributed by atoms with Gasteiger partial charge in [-0.15, -0.1) is 0 Å². The van der Waals surface area contributed by atoms with Gasteiger partial charge in [0, 0.05) is 24.1 Å². The minimum absolute atomic E-state index is 0.0650. The van der Waals surface area contributed by atoms with Crippen molar-refractivity contribution < 1.29 is 17.9 Å². The number of aromatic nitrogens is 3. The molecule has 0 bridgehead atoms. The Balaban J connectivity index is 1.66. The van der Waals surface area contributed by atoms with E-state index in [1.54, 1.807) is 24.3 Å². The maximum Gasteiger partial charge on any atom is 0.259 e. The Morgan fingerprint density at radius 3 is 2.65 bits per heavy atom. The Labute approximate surface area is 130 Å². The second kappa shape index (κ2) is 6.04. The predicted octanol–water partition coefficient (Wildman–Crippen LogP) is 2.79. The van der Waals surface area contributed by atoms with Crippen LogP contribution in [-0.4, -0.2) is 34.3 Å². The van der Waals surface area contributed by atoms with Crippen molar-refractivity contribution in [2.75, 3.05) is 13.2 Å². The number of H-pyrrole nitrogens is 1. The highest BCUT2D eigenvalue weighted by molar-refractivity contribution is 5.56. The number of hydrogen-bond acceptors (Lipinski definition) is 4. The highest BCUT2D eigenvalue weighted by Gasteiger charge is 2.60. The van der Waals surface area contributed by atoms with Crippen LogP contribution in [0.5, 0.6) is 5.75 Å². The normalized spacial score (nSPS) is 19.7. The largest absolute Gasteiger partial charge is 0.489 e. The van der Waals surface area contributed by atoms with Crippen molar-refractivity contribution in [1.82, 2.24) is 15.2 Å². The SMILES string of the molecule is NC/C(=C\F)COc1ccc(-c2nc(C3CC3(F)F)n[nH]2)cc1. The summed E-state index contributed by atoms with van der Waals surface area (Å²) >= 11 is 0. The zero-order chi connectivity index (χ0) is 16.4. The van der Waals surface area contributed by atoms with E-state index < -0.39 is 11.8 Å². The molecule has 1 aliphatic carbocycles. The zero-order valence-electron chi connectivity index (χ0n) is 12.1. The topological polar surface area (TPSA) is 76.8 Å². The predicted molar refractivity (Wildman–Crippen MR) is 77.9 cm³/mol. The summed E-state index contributed by atoms with van der Waals surface area (Å²) in [5.74, 6) is -2.50. The van der Waals surface area contributed by atoms with Gasteiger partial charge < -0.3 is 10.5 Å². The fraction of sp³-hybridized carbons (Fsp3) is 0.333. The Hall–Kier alpha value is -2.35. The van der Waals surface area contributed by atoms with Gasteiger partial charge in [-0.2, -0.15) is 5.10 Å². The van der Waals surface area contributed by atoms with Gasteiger partial charge in [-0.05, 0) is 24.3 Å². The van der Waals surface area contributed by atoms with Gasteiger partial charge in [0.25, 0.3) is 5.92 Å². The van der Waals surface area contributed by atoms with Crippen LogP contribution in [0.1, 0.15) is 18.2 Å². The number of alkyl halides is 2. The van der Waals surface area contributed by atoms with Crippen LogP contribution in [0, 0.1) is 0 Å². The molecule has 3 rings (SSSR count). The van der Waals surface area contributed by atoms with E-state index in [2.05, 4.69) is 15.2 Å². The van der Waals surface area contributed by atoms with Gasteiger partial charge in [-0.1, -0.05) is 0 Å². The lowest BCUT2D eigenvalue weighted by Crippen LogP contribution is -2.10. The molecule has 1 aliphatic rings. The minimum atomic E-state index is -2.69. The summed E-state index contributed by atoms with van der Waals surface area (Å²) in [6, 6.07) is 6.78. The first-order chi connectivity index (χ1) is 11.0. The summed E-state index contributed by atoms with van der Waals surface area (Å²) in [7, 11) is 0. The van der Waals surface area contributed by atoms with Crippen LogP contribution in [0.2, 0.25) is 0 Å². The van der Waals surface area contributed by atoms with Gasteiger partial charge in [0.15, 0.2) is 11.6 Å². The van der Waals surface area contributed by atoms with Gasteiger partial charge in [0.05, 0.1) is 12.2 Å². The summed E-state index contributed by atoms with van der Waals surface area (Å²) in [5.41, 5.74) is 6.38. The van der Waals surface area contributed by atoms with Crippen LogP contribution in [0.25, 0.3) is 11.4 Å². The van der Waals surface area contributed by atoms with E-state index in [9.17, 15) is 13.2 Å². The number of aromatic amines is 1. The summed E-state index contributed by atoms with van der Waals surface area (Å²) in [5, 5.41) is 6.50. The molecule has 0 saturated heterocycles. The first-order valence-electron chi connectivity index (χ1n) is 7.05. The van der Waals surface area contributed by atoms with Crippen LogP contribution in [-0.2, 0) is 0 Å². The number of nitrogens with one attached hydrogen (secondary N) is 1. The lowest BCUT2D eigenvalue weighted by molar-refractivity contribution is 0.111. The average Bonchev–Trinajstić information content (AvgIpc) is 2.98. The van der Waals surface area contributed by atoms with Crippen molar-refractivity contribution in [2.24, 2.45) is 5.73 Å². The molecule has 1 heterocycles. The third-order valence-corrected chi connectivity index (χ3v) is 3.61. The Kier molecular flexibility index (Phi) is 4.08. The van der Waals surface area contributed by atoms with E-state index in [0.717, 1.165) is 0 Å². The van der Waals surface area contributed by atoms with E-state index in [4.69, 9.17) is 10.5 Å². The van der Waals surface area contributed by atoms with E-state index in [1.807, 2.05) is 0 Å². The van der Waals surface area contributed by atoms with E-state index in [0.29, 0.717) is 29.0 Å². The number of rotatable bonds is 6. The second-order valence-electron chi connectivity index (χ2n) is 5.34. The maximum atomic E-state index is 13.0. The lowest BCUT2D eigenvalue weighted by Gasteiger charge is -2.07. The van der Waals surface area contributed by atoms with Crippen LogP contribution < -0.4 is 10.5 Å². The Bertz CT molecular complexity index is 712. The van der Waals surface area contributed by atoms with Gasteiger partial charge in [0.2, 0.25) is 0 Å². The lowest BCUT2D eigenvalue weighted by atomic mass is 10.2. The standard InChI is InChI=1S/C15H15F3N4O/c16-6-9(7-19)8-23-11-3-1-10(2-4-11)13-20-14(22-21-13)12-5-15(12,17)18/h1-4,6,12H,5,7-8,19H2,(H,20,21,22)/b9-6+. The number of ether oxygens (including phenoxy) is 1. The summed E-state index contributed by atoms with van der Waals surface area (Å²) < 4.78 is 43.8. The molecule has 0 radical (unpaired) electrons. The van der Waals surface area contributed by atoms with Crippen LogP contribution in [0.15, 0.2) is 36.2 Å². The molecule has 5 nitrogen and oxygen atoms in total. The summed E-state index contributed by atoms with van der Waals surface area (Å²) in [6.45, 7) is 0.150. The third kappa shape index (κ3) is 3.37. The smallest absolute Gasteiger partial charge is 0.259 e. The van der Waals surface area contributed by atoms with Crippen molar-refractivity contribution in [1.29, 1.82) is 0 Å². The second-order valence-corrected chi connectivity index (χ2v) is 5.34. The van der Waals surface area contributed by atoms with Crippen molar-refractivity contribution in [2.45, 2.75) is 18.3 Å². The molecule has 1 fully saturated rings. The number of hydrogen-bond donors (Lipinski definition) is 2. The van der Waals surface area contributed by atoms with Crippen LogP contribution >= 0.6 is 0 Å². The molecular formula is C15H15F3N4O. The van der Waals surface area contributed by atoms with Crippen molar-refractivity contribution in [3.63, 3.8) is 0 Å². The van der Waals surface area contributed by atoms with E-state index >= 15 is 0 Å². The quantitative estimate of drug-likeness (QED) is 0.856. The molecule has 1 saturated carbocycles. The number of nitrogens with two attached hydrogens (primary N) is 1. The van der Waals surface area contributed by atoms with Crippen molar-refractivity contribution in [3.05, 3.63) is 42.0 Å². The molecule has 122 valence electrons. The Morgan fingerprint density at radius 1 is 1.39 bits per heavy atom. The average molecular weight is 324 g/mol. The maximum absolute atomic E-state index is 13.0. The first-order valence-corrected chi connectivity index (χ1v) is 7.05.